The van der Waals surface area contributed by atoms with Gasteiger partial charge in [-0.25, -0.2) is 13.4 Å². The van der Waals surface area contributed by atoms with Crippen LogP contribution in [-0.4, -0.2) is 44.4 Å². The lowest BCUT2D eigenvalue weighted by Crippen LogP contribution is -2.32. The standard InChI is InChI=1S/C17H18ClF3N4O3S/c1-29(26,27)10-3-4-11(12(18)7-10)13-9-28-6-2-5-25(13)15-8-14(17(19,20)21)23-16(22)24-15/h3-4,7-8,13H,2,5-6,9H2,1H3,(H2,22,23,24). The molecule has 2 heterocycles. The van der Waals surface area contributed by atoms with Crippen molar-refractivity contribution >= 4 is 33.2 Å². The number of hydrogen-bond acceptors (Lipinski definition) is 7. The molecule has 2 N–H and O–H groups in total. The first-order valence-corrected chi connectivity index (χ1v) is 10.8. The van der Waals surface area contributed by atoms with Gasteiger partial charge in [0.05, 0.1) is 17.5 Å². The van der Waals surface area contributed by atoms with Gasteiger partial charge in [-0.3, -0.25) is 0 Å². The Kier molecular flexibility index (Phi) is 5.93. The van der Waals surface area contributed by atoms with E-state index in [4.69, 9.17) is 22.1 Å². The van der Waals surface area contributed by atoms with Gasteiger partial charge in [-0.15, -0.1) is 0 Å². The number of nitrogens with two attached hydrogens (primary N) is 1. The maximum Gasteiger partial charge on any atom is 0.433 e. The molecule has 1 aliphatic heterocycles. The number of rotatable bonds is 3. The quantitative estimate of drug-likeness (QED) is 0.767. The van der Waals surface area contributed by atoms with E-state index in [9.17, 15) is 21.6 Å². The number of sulfone groups is 1. The molecule has 3 rings (SSSR count). The van der Waals surface area contributed by atoms with Crippen molar-refractivity contribution in [2.75, 3.05) is 36.6 Å². The van der Waals surface area contributed by atoms with Crippen LogP contribution in [0.25, 0.3) is 0 Å². The van der Waals surface area contributed by atoms with Crippen molar-refractivity contribution in [3.8, 4) is 0 Å². The second kappa shape index (κ2) is 7.96. The van der Waals surface area contributed by atoms with Gasteiger partial charge >= 0.3 is 6.18 Å². The second-order valence-corrected chi connectivity index (χ2v) is 8.98. The minimum absolute atomic E-state index is 0.0106. The number of ether oxygens (including phenoxy) is 1. The molecule has 0 aliphatic carbocycles. The van der Waals surface area contributed by atoms with Crippen molar-refractivity contribution in [1.29, 1.82) is 0 Å². The first-order valence-electron chi connectivity index (χ1n) is 8.52. The predicted molar refractivity (Wildman–Crippen MR) is 102 cm³/mol. The van der Waals surface area contributed by atoms with E-state index in [-0.39, 0.29) is 22.3 Å². The van der Waals surface area contributed by atoms with E-state index in [0.717, 1.165) is 12.3 Å². The summed E-state index contributed by atoms with van der Waals surface area (Å²) in [6.45, 7) is 0.866. The topological polar surface area (TPSA) is 98.4 Å². The third-order valence-electron chi connectivity index (χ3n) is 4.41. The zero-order valence-corrected chi connectivity index (χ0v) is 16.9. The zero-order chi connectivity index (χ0) is 21.4. The van der Waals surface area contributed by atoms with Gasteiger partial charge in [0.1, 0.15) is 5.82 Å². The summed E-state index contributed by atoms with van der Waals surface area (Å²) in [4.78, 5) is 8.89. The Labute approximate surface area is 170 Å². The fourth-order valence-electron chi connectivity index (χ4n) is 3.06. The first kappa shape index (κ1) is 21.6. The van der Waals surface area contributed by atoms with Crippen molar-refractivity contribution in [2.45, 2.75) is 23.5 Å². The third kappa shape index (κ3) is 4.90. The highest BCUT2D eigenvalue weighted by molar-refractivity contribution is 7.90. The summed E-state index contributed by atoms with van der Waals surface area (Å²) in [6, 6.07) is 4.47. The summed E-state index contributed by atoms with van der Waals surface area (Å²) in [5, 5.41) is 0.159. The number of hydrogen-bond donors (Lipinski definition) is 1. The van der Waals surface area contributed by atoms with Crippen LogP contribution in [0.5, 0.6) is 0 Å². The number of halogens is 4. The van der Waals surface area contributed by atoms with E-state index in [1.54, 1.807) is 4.90 Å². The van der Waals surface area contributed by atoms with Crippen LogP contribution in [0.3, 0.4) is 0 Å². The number of anilines is 2. The Morgan fingerprint density at radius 2 is 2.00 bits per heavy atom. The maximum absolute atomic E-state index is 13.2. The molecule has 1 aliphatic rings. The Balaban J connectivity index is 2.07. The van der Waals surface area contributed by atoms with Crippen LogP contribution < -0.4 is 10.6 Å². The minimum atomic E-state index is -4.68. The lowest BCUT2D eigenvalue weighted by molar-refractivity contribution is -0.141. The van der Waals surface area contributed by atoms with E-state index in [1.807, 2.05) is 0 Å². The van der Waals surface area contributed by atoms with Crippen LogP contribution in [-0.2, 0) is 20.8 Å². The van der Waals surface area contributed by atoms with Crippen LogP contribution in [0.15, 0.2) is 29.2 Å². The highest BCUT2D eigenvalue weighted by atomic mass is 35.5. The van der Waals surface area contributed by atoms with Crippen LogP contribution in [0.2, 0.25) is 5.02 Å². The summed E-state index contributed by atoms with van der Waals surface area (Å²) in [7, 11) is -3.46. The number of nitrogens with zero attached hydrogens (tertiary/aromatic N) is 3. The molecular formula is C17H18ClF3N4O3S. The van der Waals surface area contributed by atoms with Crippen LogP contribution >= 0.6 is 11.6 Å². The van der Waals surface area contributed by atoms with Crippen LogP contribution in [0, 0.1) is 0 Å². The Morgan fingerprint density at radius 1 is 1.28 bits per heavy atom. The number of benzene rings is 1. The molecular weight excluding hydrogens is 433 g/mol. The van der Waals surface area contributed by atoms with Crippen molar-refractivity contribution in [2.24, 2.45) is 0 Å². The molecule has 0 amide bonds. The molecule has 29 heavy (non-hydrogen) atoms. The molecule has 158 valence electrons. The van der Waals surface area contributed by atoms with Gasteiger partial charge in [0.25, 0.3) is 0 Å². The molecule has 1 atom stereocenters. The summed E-state index contributed by atoms with van der Waals surface area (Å²) in [5.74, 6) is -0.513. The Bertz CT molecular complexity index is 1020. The average Bonchev–Trinajstić information content (AvgIpc) is 2.85. The van der Waals surface area contributed by atoms with Crippen molar-refractivity contribution in [3.05, 3.63) is 40.5 Å². The minimum Gasteiger partial charge on any atom is -0.379 e. The van der Waals surface area contributed by atoms with E-state index < -0.39 is 33.7 Å². The molecule has 2 aromatic rings. The van der Waals surface area contributed by atoms with Gasteiger partial charge in [-0.1, -0.05) is 17.7 Å². The van der Waals surface area contributed by atoms with E-state index >= 15 is 0 Å². The predicted octanol–water partition coefficient (Wildman–Crippen LogP) is 3.10. The second-order valence-electron chi connectivity index (χ2n) is 6.56. The molecule has 0 spiro atoms. The molecule has 0 saturated carbocycles. The molecule has 0 bridgehead atoms. The van der Waals surface area contributed by atoms with Gasteiger partial charge in [-0.05, 0) is 24.1 Å². The van der Waals surface area contributed by atoms with Gasteiger partial charge in [0.15, 0.2) is 15.5 Å². The van der Waals surface area contributed by atoms with Crippen molar-refractivity contribution in [3.63, 3.8) is 0 Å². The highest BCUT2D eigenvalue weighted by Gasteiger charge is 2.35. The van der Waals surface area contributed by atoms with Gasteiger partial charge in [-0.2, -0.15) is 18.2 Å². The number of aromatic nitrogens is 2. The summed E-state index contributed by atoms with van der Waals surface area (Å²) in [5.41, 5.74) is 4.87. The largest absolute Gasteiger partial charge is 0.433 e. The summed E-state index contributed by atoms with van der Waals surface area (Å²) < 4.78 is 68.6. The third-order valence-corrected chi connectivity index (χ3v) is 5.85. The SMILES string of the molecule is CS(=O)(=O)c1ccc(C2COCCCN2c2cc(C(F)(F)F)nc(N)n2)c(Cl)c1. The van der Waals surface area contributed by atoms with E-state index in [0.29, 0.717) is 25.1 Å². The molecule has 1 saturated heterocycles. The fraction of sp³-hybridized carbons (Fsp3) is 0.412. The fourth-order valence-corrected chi connectivity index (χ4v) is 4.08. The smallest absolute Gasteiger partial charge is 0.379 e. The molecule has 1 aromatic carbocycles. The Hall–Kier alpha value is -2.11. The van der Waals surface area contributed by atoms with Crippen molar-refractivity contribution < 1.29 is 26.3 Å². The van der Waals surface area contributed by atoms with Crippen LogP contribution in [0.4, 0.5) is 24.9 Å². The Morgan fingerprint density at radius 3 is 2.62 bits per heavy atom. The molecule has 1 fully saturated rings. The normalized spacial score (nSPS) is 18.5. The van der Waals surface area contributed by atoms with E-state index in [2.05, 4.69) is 9.97 Å². The zero-order valence-electron chi connectivity index (χ0n) is 15.3. The number of nitrogen functional groups attached to an aromatic ring is 1. The number of alkyl halides is 3. The summed E-state index contributed by atoms with van der Waals surface area (Å²) in [6.07, 6.45) is -3.08. The van der Waals surface area contributed by atoms with Gasteiger partial charge < -0.3 is 15.4 Å². The van der Waals surface area contributed by atoms with E-state index in [1.165, 1.54) is 18.2 Å². The molecule has 0 radical (unpaired) electrons. The molecule has 12 heteroatoms. The maximum atomic E-state index is 13.2. The van der Waals surface area contributed by atoms with Gasteiger partial charge in [0.2, 0.25) is 5.95 Å². The summed E-state index contributed by atoms with van der Waals surface area (Å²) >= 11 is 6.33. The lowest BCUT2D eigenvalue weighted by atomic mass is 10.1. The average molecular weight is 451 g/mol. The highest BCUT2D eigenvalue weighted by Crippen LogP contribution is 2.36. The van der Waals surface area contributed by atoms with Crippen LogP contribution in [0.1, 0.15) is 23.7 Å². The monoisotopic (exact) mass is 450 g/mol. The first-order chi connectivity index (χ1) is 13.5. The van der Waals surface area contributed by atoms with Crippen molar-refractivity contribution in [1.82, 2.24) is 9.97 Å². The lowest BCUT2D eigenvalue weighted by Gasteiger charge is -2.31. The van der Waals surface area contributed by atoms with Gasteiger partial charge in [0, 0.05) is 30.5 Å². The molecule has 1 aromatic heterocycles. The molecule has 1 unspecified atom stereocenters. The molecule has 7 nitrogen and oxygen atoms in total.